The lowest BCUT2D eigenvalue weighted by molar-refractivity contribution is -0.384. The average molecular weight is 352 g/mol. The molecule has 0 aliphatic heterocycles. The molecule has 1 aromatic heterocycles. The zero-order chi connectivity index (χ0) is 18.7. The maximum Gasteiger partial charge on any atom is 0.270 e. The predicted octanol–water partition coefficient (Wildman–Crippen LogP) is 1.96. The smallest absolute Gasteiger partial charge is 0.270 e. The minimum atomic E-state index is -0.574. The summed E-state index contributed by atoms with van der Waals surface area (Å²) >= 11 is 0. The van der Waals surface area contributed by atoms with Gasteiger partial charge in [-0.3, -0.25) is 24.3 Å². The van der Waals surface area contributed by atoms with Crippen molar-refractivity contribution in [1.82, 2.24) is 14.5 Å². The summed E-state index contributed by atoms with van der Waals surface area (Å²) in [6.07, 6.45) is 1.28. The summed E-state index contributed by atoms with van der Waals surface area (Å²) in [6.45, 7) is 0.231. The normalized spacial score (nSPS) is 10.7. The van der Waals surface area contributed by atoms with Crippen LogP contribution in [0.4, 0.5) is 5.69 Å². The van der Waals surface area contributed by atoms with Gasteiger partial charge in [0, 0.05) is 25.7 Å². The molecule has 8 heteroatoms. The first-order chi connectivity index (χ1) is 12.5. The summed E-state index contributed by atoms with van der Waals surface area (Å²) in [5.41, 5.74) is 0.645. The number of nitrogens with zero attached hydrogens (tertiary/aromatic N) is 4. The lowest BCUT2D eigenvalue weighted by Gasteiger charge is -2.18. The van der Waals surface area contributed by atoms with Gasteiger partial charge in [0.2, 0.25) is 5.91 Å². The monoisotopic (exact) mass is 352 g/mol. The van der Waals surface area contributed by atoms with Crippen molar-refractivity contribution in [3.8, 4) is 0 Å². The van der Waals surface area contributed by atoms with E-state index in [0.717, 1.165) is 10.1 Å². The highest BCUT2D eigenvalue weighted by Gasteiger charge is 2.14. The van der Waals surface area contributed by atoms with Gasteiger partial charge in [-0.05, 0) is 11.6 Å². The van der Waals surface area contributed by atoms with Gasteiger partial charge in [0.05, 0.1) is 22.2 Å². The maximum atomic E-state index is 12.5. The molecule has 0 atom stereocenters. The van der Waals surface area contributed by atoms with E-state index in [1.165, 1.54) is 29.4 Å². The maximum absolute atomic E-state index is 12.5. The SMILES string of the molecule is CN(Cc1ccccc1)C(=O)Cn1cnc2ccc([N+](=O)[O-])cc2c1=O. The van der Waals surface area contributed by atoms with Crippen LogP contribution in [0, 0.1) is 10.1 Å². The lowest BCUT2D eigenvalue weighted by atomic mass is 10.2. The minimum Gasteiger partial charge on any atom is -0.340 e. The van der Waals surface area contributed by atoms with Crippen LogP contribution in [0.5, 0.6) is 0 Å². The molecule has 1 amide bonds. The van der Waals surface area contributed by atoms with Crippen LogP contribution >= 0.6 is 0 Å². The second kappa shape index (κ2) is 7.14. The van der Waals surface area contributed by atoms with Crippen LogP contribution in [0.2, 0.25) is 0 Å². The third kappa shape index (κ3) is 3.59. The van der Waals surface area contributed by atoms with E-state index in [1.807, 2.05) is 30.3 Å². The Bertz CT molecular complexity index is 1030. The Kier molecular flexibility index (Phi) is 4.74. The van der Waals surface area contributed by atoms with Crippen molar-refractivity contribution in [3.05, 3.63) is 80.9 Å². The topological polar surface area (TPSA) is 98.3 Å². The molecule has 0 N–H and O–H groups in total. The van der Waals surface area contributed by atoms with Gasteiger partial charge < -0.3 is 4.90 Å². The van der Waals surface area contributed by atoms with Crippen LogP contribution in [0.15, 0.2) is 59.7 Å². The molecular weight excluding hydrogens is 336 g/mol. The van der Waals surface area contributed by atoms with Crippen LogP contribution in [0.1, 0.15) is 5.56 Å². The van der Waals surface area contributed by atoms with E-state index in [9.17, 15) is 19.7 Å². The van der Waals surface area contributed by atoms with Crippen molar-refractivity contribution in [1.29, 1.82) is 0 Å². The third-order valence-corrected chi connectivity index (χ3v) is 4.01. The Morgan fingerprint density at radius 3 is 2.65 bits per heavy atom. The van der Waals surface area contributed by atoms with E-state index in [0.29, 0.717) is 12.1 Å². The van der Waals surface area contributed by atoms with Gasteiger partial charge >= 0.3 is 0 Å². The Morgan fingerprint density at radius 1 is 1.23 bits per heavy atom. The van der Waals surface area contributed by atoms with Crippen LogP contribution in [0.25, 0.3) is 10.9 Å². The Balaban J connectivity index is 1.83. The summed E-state index contributed by atoms with van der Waals surface area (Å²) in [5, 5.41) is 11.0. The Morgan fingerprint density at radius 2 is 1.96 bits per heavy atom. The highest BCUT2D eigenvalue weighted by molar-refractivity contribution is 5.80. The number of hydrogen-bond donors (Lipinski definition) is 0. The second-order valence-electron chi connectivity index (χ2n) is 5.87. The molecule has 0 aliphatic carbocycles. The number of amides is 1. The van der Waals surface area contributed by atoms with Gasteiger partial charge in [-0.15, -0.1) is 0 Å². The molecule has 0 radical (unpaired) electrons. The quantitative estimate of drug-likeness (QED) is 0.516. The van der Waals surface area contributed by atoms with Crippen molar-refractivity contribution < 1.29 is 9.72 Å². The first kappa shape index (κ1) is 17.3. The van der Waals surface area contributed by atoms with Crippen molar-refractivity contribution in [2.24, 2.45) is 0 Å². The molecule has 0 spiro atoms. The van der Waals surface area contributed by atoms with Crippen LogP contribution in [-0.2, 0) is 17.9 Å². The van der Waals surface area contributed by atoms with Gasteiger partial charge in [-0.1, -0.05) is 30.3 Å². The second-order valence-corrected chi connectivity index (χ2v) is 5.87. The number of carbonyl (C=O) groups excluding carboxylic acids is 1. The number of fused-ring (bicyclic) bond motifs is 1. The molecule has 1 heterocycles. The molecule has 0 saturated carbocycles. The van der Waals surface area contributed by atoms with Crippen molar-refractivity contribution >= 4 is 22.5 Å². The fourth-order valence-corrected chi connectivity index (χ4v) is 2.59. The molecule has 26 heavy (non-hydrogen) atoms. The largest absolute Gasteiger partial charge is 0.340 e. The molecule has 3 aromatic rings. The molecule has 0 unspecified atom stereocenters. The van der Waals surface area contributed by atoms with E-state index in [2.05, 4.69) is 4.98 Å². The first-order valence-electron chi connectivity index (χ1n) is 7.87. The van der Waals surface area contributed by atoms with E-state index in [1.54, 1.807) is 7.05 Å². The van der Waals surface area contributed by atoms with E-state index in [4.69, 9.17) is 0 Å². The number of hydrogen-bond acceptors (Lipinski definition) is 5. The molecule has 3 rings (SSSR count). The molecule has 0 saturated heterocycles. The van der Waals surface area contributed by atoms with E-state index < -0.39 is 10.5 Å². The number of nitro benzene ring substituents is 1. The molecule has 132 valence electrons. The summed E-state index contributed by atoms with van der Waals surface area (Å²) < 4.78 is 1.16. The Hall–Kier alpha value is -3.55. The molecule has 0 fully saturated rings. The summed E-state index contributed by atoms with van der Waals surface area (Å²) in [7, 11) is 1.65. The molecule has 0 bridgehead atoms. The summed E-state index contributed by atoms with van der Waals surface area (Å²) in [4.78, 5) is 40.9. The van der Waals surface area contributed by atoms with E-state index >= 15 is 0 Å². The number of carbonyl (C=O) groups is 1. The molecule has 8 nitrogen and oxygen atoms in total. The number of nitro groups is 1. The van der Waals surface area contributed by atoms with Gasteiger partial charge in [0.25, 0.3) is 11.2 Å². The standard InChI is InChI=1S/C18H16N4O4/c1-20(10-13-5-3-2-4-6-13)17(23)11-21-12-19-16-8-7-14(22(25)26)9-15(16)18(21)24/h2-9,12H,10-11H2,1H3. The van der Waals surface area contributed by atoms with Crippen LogP contribution < -0.4 is 5.56 Å². The summed E-state index contributed by atoms with van der Waals surface area (Å²) in [6, 6.07) is 13.4. The average Bonchev–Trinajstić information content (AvgIpc) is 2.64. The zero-order valence-corrected chi connectivity index (χ0v) is 14.0. The lowest BCUT2D eigenvalue weighted by Crippen LogP contribution is -2.33. The van der Waals surface area contributed by atoms with E-state index in [-0.39, 0.29) is 23.5 Å². The number of rotatable bonds is 5. The summed E-state index contributed by atoms with van der Waals surface area (Å²) in [5.74, 6) is -0.262. The molecule has 0 aliphatic rings. The molecule has 2 aromatic carbocycles. The number of likely N-dealkylation sites (N-methyl/N-ethyl adjacent to an activating group) is 1. The van der Waals surface area contributed by atoms with Crippen LogP contribution in [-0.4, -0.2) is 32.3 Å². The highest BCUT2D eigenvalue weighted by Crippen LogP contribution is 2.16. The predicted molar refractivity (Wildman–Crippen MR) is 95.6 cm³/mol. The van der Waals surface area contributed by atoms with Gasteiger partial charge in [-0.25, -0.2) is 4.98 Å². The Labute approximate surface area is 148 Å². The minimum absolute atomic E-state index is 0.111. The number of benzene rings is 2. The van der Waals surface area contributed by atoms with Crippen molar-refractivity contribution in [2.75, 3.05) is 7.05 Å². The fourth-order valence-electron chi connectivity index (χ4n) is 2.59. The van der Waals surface area contributed by atoms with Gasteiger partial charge in [-0.2, -0.15) is 0 Å². The highest BCUT2D eigenvalue weighted by atomic mass is 16.6. The molecular formula is C18H16N4O4. The van der Waals surface area contributed by atoms with Gasteiger partial charge in [0.1, 0.15) is 6.54 Å². The third-order valence-electron chi connectivity index (χ3n) is 4.01. The van der Waals surface area contributed by atoms with Crippen molar-refractivity contribution in [2.45, 2.75) is 13.1 Å². The first-order valence-corrected chi connectivity index (χ1v) is 7.87. The fraction of sp³-hybridized carbons (Fsp3) is 0.167. The van der Waals surface area contributed by atoms with Gasteiger partial charge in [0.15, 0.2) is 0 Å². The number of non-ortho nitro benzene ring substituents is 1. The number of aromatic nitrogens is 2. The van der Waals surface area contributed by atoms with Crippen LogP contribution in [0.3, 0.4) is 0 Å². The zero-order valence-electron chi connectivity index (χ0n) is 14.0. The van der Waals surface area contributed by atoms with Crippen molar-refractivity contribution in [3.63, 3.8) is 0 Å².